The Morgan fingerprint density at radius 2 is 1.65 bits per heavy atom. The minimum atomic E-state index is 0. The van der Waals surface area contributed by atoms with Gasteiger partial charge in [0, 0.05) is 24.9 Å². The fourth-order valence-electron chi connectivity index (χ4n) is 3.18. The van der Waals surface area contributed by atoms with E-state index in [0.29, 0.717) is 18.5 Å². The zero-order chi connectivity index (χ0) is 13.3. The quantitative estimate of drug-likeness (QED) is 0.645. The molecule has 0 aromatic rings. The summed E-state index contributed by atoms with van der Waals surface area (Å²) in [5.74, 6) is 0.795. The van der Waals surface area contributed by atoms with Crippen molar-refractivity contribution in [3.8, 4) is 0 Å². The Hall–Kier alpha value is -0.810. The second-order valence-electron chi connectivity index (χ2n) is 6.23. The normalized spacial score (nSPS) is 26.5. The number of nitrogens with one attached hydrogen (secondary N) is 3. The molecule has 5 nitrogen and oxygen atoms in total. The number of carbonyl (C=O) groups is 2. The Labute approximate surface area is 126 Å². The van der Waals surface area contributed by atoms with Gasteiger partial charge in [0.25, 0.3) is 0 Å². The lowest BCUT2D eigenvalue weighted by atomic mass is 9.92. The van der Waals surface area contributed by atoms with Gasteiger partial charge in [0.1, 0.15) is 0 Å². The first-order chi connectivity index (χ1) is 9.21. The molecular formula is C14H24ClN3O2. The number of piperidine rings is 1. The van der Waals surface area contributed by atoms with Gasteiger partial charge >= 0.3 is 0 Å². The van der Waals surface area contributed by atoms with Crippen LogP contribution in [-0.4, -0.2) is 38.0 Å². The van der Waals surface area contributed by atoms with Crippen LogP contribution in [0.15, 0.2) is 0 Å². The molecule has 3 fully saturated rings. The highest BCUT2D eigenvalue weighted by atomic mass is 35.5. The zero-order valence-corrected chi connectivity index (χ0v) is 12.6. The molecule has 0 bridgehead atoms. The molecule has 1 heterocycles. The predicted molar refractivity (Wildman–Crippen MR) is 78.6 cm³/mol. The van der Waals surface area contributed by atoms with E-state index in [4.69, 9.17) is 0 Å². The molecule has 114 valence electrons. The maximum atomic E-state index is 12.0. The van der Waals surface area contributed by atoms with Crippen LogP contribution in [0.5, 0.6) is 0 Å². The van der Waals surface area contributed by atoms with E-state index in [-0.39, 0.29) is 36.1 Å². The van der Waals surface area contributed by atoms with E-state index in [1.165, 1.54) is 0 Å². The van der Waals surface area contributed by atoms with E-state index in [0.717, 1.165) is 45.2 Å². The number of rotatable bonds is 5. The van der Waals surface area contributed by atoms with Gasteiger partial charge in [-0.1, -0.05) is 0 Å². The summed E-state index contributed by atoms with van der Waals surface area (Å²) >= 11 is 0. The number of carbonyl (C=O) groups excluding carboxylic acids is 2. The fourth-order valence-corrected chi connectivity index (χ4v) is 3.18. The van der Waals surface area contributed by atoms with Crippen LogP contribution in [0.3, 0.4) is 0 Å². The minimum Gasteiger partial charge on any atom is -0.354 e. The smallest absolute Gasteiger partial charge is 0.223 e. The molecule has 1 atom stereocenters. The van der Waals surface area contributed by atoms with Crippen LogP contribution in [0.1, 0.15) is 32.1 Å². The van der Waals surface area contributed by atoms with Crippen LogP contribution in [0.25, 0.3) is 0 Å². The summed E-state index contributed by atoms with van der Waals surface area (Å²) in [6.07, 6.45) is 5.36. The molecule has 1 aliphatic heterocycles. The summed E-state index contributed by atoms with van der Waals surface area (Å²) in [4.78, 5) is 23.4. The summed E-state index contributed by atoms with van der Waals surface area (Å²) < 4.78 is 0. The summed E-state index contributed by atoms with van der Waals surface area (Å²) in [5, 5.41) is 9.17. The lowest BCUT2D eigenvalue weighted by Gasteiger charge is -2.23. The Morgan fingerprint density at radius 3 is 2.25 bits per heavy atom. The first kappa shape index (κ1) is 15.6. The minimum absolute atomic E-state index is 0. The maximum absolute atomic E-state index is 12.0. The fraction of sp³-hybridized carbons (Fsp3) is 0.857. The topological polar surface area (TPSA) is 70.2 Å². The largest absolute Gasteiger partial charge is 0.354 e. The van der Waals surface area contributed by atoms with E-state index in [1.807, 2.05) is 0 Å². The third-order valence-electron chi connectivity index (χ3n) is 4.78. The maximum Gasteiger partial charge on any atom is 0.223 e. The third kappa shape index (κ3) is 3.44. The van der Waals surface area contributed by atoms with Crippen molar-refractivity contribution in [3.05, 3.63) is 0 Å². The van der Waals surface area contributed by atoms with Crippen molar-refractivity contribution in [1.82, 2.24) is 16.0 Å². The van der Waals surface area contributed by atoms with Crippen molar-refractivity contribution in [1.29, 1.82) is 0 Å². The van der Waals surface area contributed by atoms with Gasteiger partial charge in [-0.15, -0.1) is 12.4 Å². The van der Waals surface area contributed by atoms with E-state index in [9.17, 15) is 9.59 Å². The summed E-state index contributed by atoms with van der Waals surface area (Å²) in [6, 6.07) is 0. The first-order valence-electron chi connectivity index (χ1n) is 7.47. The second kappa shape index (κ2) is 6.31. The van der Waals surface area contributed by atoms with Crippen LogP contribution in [0.2, 0.25) is 0 Å². The van der Waals surface area contributed by atoms with Crippen molar-refractivity contribution in [3.63, 3.8) is 0 Å². The SMILES string of the molecule is Cl.O=C(NCCNC(=O)C1CC12CCNCC2)C1CC1. The molecule has 3 aliphatic rings. The number of halogens is 1. The average molecular weight is 302 g/mol. The van der Waals surface area contributed by atoms with Gasteiger partial charge in [0.2, 0.25) is 11.8 Å². The van der Waals surface area contributed by atoms with Gasteiger partial charge in [0.05, 0.1) is 0 Å². The van der Waals surface area contributed by atoms with Gasteiger partial charge in [-0.05, 0) is 50.6 Å². The Morgan fingerprint density at radius 1 is 1.05 bits per heavy atom. The van der Waals surface area contributed by atoms with E-state index in [2.05, 4.69) is 16.0 Å². The summed E-state index contributed by atoms with van der Waals surface area (Å²) in [7, 11) is 0. The lowest BCUT2D eigenvalue weighted by molar-refractivity contribution is -0.124. The Kier molecular flexibility index (Phi) is 4.91. The van der Waals surface area contributed by atoms with Crippen LogP contribution in [0, 0.1) is 17.3 Å². The first-order valence-corrected chi connectivity index (χ1v) is 7.47. The van der Waals surface area contributed by atoms with Crippen LogP contribution in [-0.2, 0) is 9.59 Å². The predicted octanol–water partition coefficient (Wildman–Crippen LogP) is 0.440. The van der Waals surface area contributed by atoms with Gasteiger partial charge < -0.3 is 16.0 Å². The zero-order valence-electron chi connectivity index (χ0n) is 11.7. The van der Waals surface area contributed by atoms with Gasteiger partial charge in [0.15, 0.2) is 0 Å². The second-order valence-corrected chi connectivity index (χ2v) is 6.23. The van der Waals surface area contributed by atoms with Gasteiger partial charge in [-0.2, -0.15) is 0 Å². The molecule has 1 saturated heterocycles. The van der Waals surface area contributed by atoms with Gasteiger partial charge in [-0.25, -0.2) is 0 Å². The molecule has 6 heteroatoms. The van der Waals surface area contributed by atoms with E-state index < -0.39 is 0 Å². The van der Waals surface area contributed by atoms with E-state index in [1.54, 1.807) is 0 Å². The molecule has 2 amide bonds. The molecule has 2 aliphatic carbocycles. The molecule has 3 rings (SSSR count). The summed E-state index contributed by atoms with van der Waals surface area (Å²) in [5.41, 5.74) is 0.298. The monoisotopic (exact) mass is 301 g/mol. The highest BCUT2D eigenvalue weighted by molar-refractivity contribution is 5.85. The molecule has 20 heavy (non-hydrogen) atoms. The summed E-state index contributed by atoms with van der Waals surface area (Å²) in [6.45, 7) is 3.20. The highest BCUT2D eigenvalue weighted by Gasteiger charge is 2.57. The van der Waals surface area contributed by atoms with Crippen molar-refractivity contribution in [2.24, 2.45) is 17.3 Å². The molecule has 1 spiro atoms. The molecule has 0 radical (unpaired) electrons. The molecule has 3 N–H and O–H groups in total. The Bertz CT molecular complexity index is 379. The molecule has 0 aromatic carbocycles. The molecular weight excluding hydrogens is 278 g/mol. The highest BCUT2D eigenvalue weighted by Crippen LogP contribution is 2.58. The molecule has 2 saturated carbocycles. The van der Waals surface area contributed by atoms with Crippen LogP contribution >= 0.6 is 12.4 Å². The van der Waals surface area contributed by atoms with Crippen molar-refractivity contribution < 1.29 is 9.59 Å². The van der Waals surface area contributed by atoms with Crippen molar-refractivity contribution >= 4 is 24.2 Å². The van der Waals surface area contributed by atoms with Crippen LogP contribution in [0.4, 0.5) is 0 Å². The molecule has 1 unspecified atom stereocenters. The standard InChI is InChI=1S/C14H23N3O2.ClH/c18-12(10-1-2-10)16-7-8-17-13(19)11-9-14(11)3-5-15-6-4-14;/h10-11,15H,1-9H2,(H,16,18)(H,17,19);1H. The number of hydrogen-bond donors (Lipinski definition) is 3. The van der Waals surface area contributed by atoms with Crippen LogP contribution < -0.4 is 16.0 Å². The van der Waals surface area contributed by atoms with Crippen molar-refractivity contribution in [2.75, 3.05) is 26.2 Å². The molecule has 0 aromatic heterocycles. The van der Waals surface area contributed by atoms with Crippen molar-refractivity contribution in [2.45, 2.75) is 32.1 Å². The number of hydrogen-bond acceptors (Lipinski definition) is 3. The number of amides is 2. The Balaban J connectivity index is 0.00000147. The van der Waals surface area contributed by atoms with Gasteiger partial charge in [-0.3, -0.25) is 9.59 Å². The van der Waals surface area contributed by atoms with E-state index >= 15 is 0 Å². The third-order valence-corrected chi connectivity index (χ3v) is 4.78. The average Bonchev–Trinajstić information content (AvgIpc) is 3.31. The lowest BCUT2D eigenvalue weighted by Crippen LogP contribution is -2.37.